The van der Waals surface area contributed by atoms with E-state index in [9.17, 15) is 13.2 Å². The molecule has 0 saturated carbocycles. The lowest BCUT2D eigenvalue weighted by Gasteiger charge is -2.19. The van der Waals surface area contributed by atoms with Gasteiger partial charge < -0.3 is 14.8 Å². The van der Waals surface area contributed by atoms with Crippen LogP contribution in [0.25, 0.3) is 0 Å². The first-order valence-electron chi connectivity index (χ1n) is 8.84. The van der Waals surface area contributed by atoms with Crippen LogP contribution in [0.3, 0.4) is 0 Å². The molecule has 3 aromatic rings. The highest BCUT2D eigenvalue weighted by atomic mass is 32.2. The number of sulfonamides is 1. The highest BCUT2D eigenvalue weighted by Gasteiger charge is 2.16. The lowest BCUT2D eigenvalue weighted by Crippen LogP contribution is -2.23. The lowest BCUT2D eigenvalue weighted by atomic mass is 10.1. The summed E-state index contributed by atoms with van der Waals surface area (Å²) in [5, 5.41) is 4.54. The summed E-state index contributed by atoms with van der Waals surface area (Å²) in [7, 11) is -3.61. The Morgan fingerprint density at radius 1 is 1.00 bits per heavy atom. The quantitative estimate of drug-likeness (QED) is 0.626. The highest BCUT2D eigenvalue weighted by molar-refractivity contribution is 7.94. The SMILES string of the molecule is O=C(NCc1ccc2c(c1)OCCO2)c1ccc(NS(=O)(=O)c2cccs2)cc1. The summed E-state index contributed by atoms with van der Waals surface area (Å²) in [6, 6.07) is 15.0. The number of hydrogen-bond donors (Lipinski definition) is 2. The van der Waals surface area contributed by atoms with Crippen LogP contribution in [0, 0.1) is 0 Å². The minimum Gasteiger partial charge on any atom is -0.486 e. The molecule has 150 valence electrons. The number of carbonyl (C=O) groups excluding carboxylic acids is 1. The summed E-state index contributed by atoms with van der Waals surface area (Å²) in [6.45, 7) is 1.37. The molecule has 1 aromatic heterocycles. The summed E-state index contributed by atoms with van der Waals surface area (Å²) in [5.41, 5.74) is 1.71. The molecule has 0 fully saturated rings. The molecular weight excluding hydrogens is 412 g/mol. The van der Waals surface area contributed by atoms with Gasteiger partial charge in [-0.1, -0.05) is 12.1 Å². The second kappa shape index (κ2) is 8.14. The normalized spacial score (nSPS) is 13.0. The maximum atomic E-state index is 12.4. The van der Waals surface area contributed by atoms with E-state index in [0.29, 0.717) is 42.5 Å². The first-order valence-corrected chi connectivity index (χ1v) is 11.2. The van der Waals surface area contributed by atoms with E-state index in [1.807, 2.05) is 18.2 Å². The minimum absolute atomic E-state index is 0.235. The van der Waals surface area contributed by atoms with Crippen molar-refractivity contribution in [2.24, 2.45) is 0 Å². The summed E-state index contributed by atoms with van der Waals surface area (Å²) < 4.78 is 38.2. The Labute approximate surface area is 172 Å². The van der Waals surface area contributed by atoms with Gasteiger partial charge in [0.1, 0.15) is 17.4 Å². The summed E-state index contributed by atoms with van der Waals surface area (Å²) in [6.07, 6.45) is 0. The average Bonchev–Trinajstić information content (AvgIpc) is 3.28. The topological polar surface area (TPSA) is 93.7 Å². The molecule has 1 aliphatic rings. The molecule has 29 heavy (non-hydrogen) atoms. The molecule has 1 amide bonds. The van der Waals surface area contributed by atoms with Crippen molar-refractivity contribution < 1.29 is 22.7 Å². The van der Waals surface area contributed by atoms with Gasteiger partial charge in [-0.2, -0.15) is 0 Å². The van der Waals surface area contributed by atoms with Crippen LogP contribution in [0.15, 0.2) is 64.2 Å². The Morgan fingerprint density at radius 2 is 1.76 bits per heavy atom. The maximum Gasteiger partial charge on any atom is 0.271 e. The number of fused-ring (bicyclic) bond motifs is 1. The molecule has 9 heteroatoms. The first-order chi connectivity index (χ1) is 14.0. The van der Waals surface area contributed by atoms with Crippen LogP contribution >= 0.6 is 11.3 Å². The number of hydrogen-bond acceptors (Lipinski definition) is 6. The van der Waals surface area contributed by atoms with Gasteiger partial charge in [0, 0.05) is 17.8 Å². The molecule has 7 nitrogen and oxygen atoms in total. The fraction of sp³-hybridized carbons (Fsp3) is 0.150. The van der Waals surface area contributed by atoms with Crippen molar-refractivity contribution in [2.75, 3.05) is 17.9 Å². The highest BCUT2D eigenvalue weighted by Crippen LogP contribution is 2.30. The van der Waals surface area contributed by atoms with Gasteiger partial charge in [0.05, 0.1) is 0 Å². The third-order valence-corrected chi connectivity index (χ3v) is 7.00. The average molecular weight is 431 g/mol. The monoisotopic (exact) mass is 430 g/mol. The fourth-order valence-corrected chi connectivity index (χ4v) is 4.85. The molecule has 2 heterocycles. The van der Waals surface area contributed by atoms with Crippen LogP contribution in [0.4, 0.5) is 5.69 Å². The number of benzene rings is 2. The van der Waals surface area contributed by atoms with Gasteiger partial charge in [0.2, 0.25) is 0 Å². The lowest BCUT2D eigenvalue weighted by molar-refractivity contribution is 0.0951. The molecule has 2 N–H and O–H groups in total. The zero-order chi connectivity index (χ0) is 20.3. The van der Waals surface area contributed by atoms with Crippen LogP contribution in [0.5, 0.6) is 11.5 Å². The molecule has 0 atom stereocenters. The van der Waals surface area contributed by atoms with Crippen molar-refractivity contribution in [3.63, 3.8) is 0 Å². The van der Waals surface area contributed by atoms with Crippen molar-refractivity contribution in [2.45, 2.75) is 10.8 Å². The summed E-state index contributed by atoms with van der Waals surface area (Å²) in [5.74, 6) is 1.12. The second-order valence-corrected chi connectivity index (χ2v) is 9.13. The molecule has 1 aliphatic heterocycles. The molecule has 0 unspecified atom stereocenters. The molecule has 2 aromatic carbocycles. The first kappa shape index (κ1) is 19.3. The molecule has 0 saturated heterocycles. The number of amides is 1. The van der Waals surface area contributed by atoms with Gasteiger partial charge in [-0.15, -0.1) is 11.3 Å². The number of anilines is 1. The predicted octanol–water partition coefficient (Wildman–Crippen LogP) is 3.25. The van der Waals surface area contributed by atoms with Gasteiger partial charge in [0.25, 0.3) is 15.9 Å². The van der Waals surface area contributed by atoms with Crippen molar-refractivity contribution in [3.05, 3.63) is 71.1 Å². The molecule has 0 aliphatic carbocycles. The van der Waals surface area contributed by atoms with Crippen LogP contribution in [0.2, 0.25) is 0 Å². The smallest absolute Gasteiger partial charge is 0.271 e. The van der Waals surface area contributed by atoms with E-state index in [2.05, 4.69) is 10.0 Å². The fourth-order valence-electron chi connectivity index (χ4n) is 2.79. The van der Waals surface area contributed by atoms with Crippen molar-refractivity contribution >= 4 is 33.0 Å². The largest absolute Gasteiger partial charge is 0.486 e. The Kier molecular flexibility index (Phi) is 5.41. The van der Waals surface area contributed by atoms with E-state index < -0.39 is 10.0 Å². The third-order valence-electron chi connectivity index (χ3n) is 4.22. The van der Waals surface area contributed by atoms with Crippen molar-refractivity contribution in [1.82, 2.24) is 5.32 Å². The van der Waals surface area contributed by atoms with Crippen molar-refractivity contribution in [1.29, 1.82) is 0 Å². The number of carbonyl (C=O) groups is 1. The van der Waals surface area contributed by atoms with Gasteiger partial charge in [-0.05, 0) is 53.4 Å². The maximum absolute atomic E-state index is 12.4. The van der Waals surface area contributed by atoms with Gasteiger partial charge >= 0.3 is 0 Å². The van der Waals surface area contributed by atoms with E-state index in [0.717, 1.165) is 16.9 Å². The van der Waals surface area contributed by atoms with Crippen LogP contribution in [-0.2, 0) is 16.6 Å². The predicted molar refractivity (Wildman–Crippen MR) is 110 cm³/mol. The minimum atomic E-state index is -3.61. The Bertz CT molecular complexity index is 1110. The van der Waals surface area contributed by atoms with Crippen molar-refractivity contribution in [3.8, 4) is 11.5 Å². The van der Waals surface area contributed by atoms with Crippen LogP contribution in [0.1, 0.15) is 15.9 Å². The Balaban J connectivity index is 1.37. The molecule has 0 bridgehead atoms. The van der Waals surface area contributed by atoms with E-state index in [1.54, 1.807) is 35.7 Å². The summed E-state index contributed by atoms with van der Waals surface area (Å²) in [4.78, 5) is 12.4. The van der Waals surface area contributed by atoms with Crippen LogP contribution in [-0.4, -0.2) is 27.5 Å². The van der Waals surface area contributed by atoms with E-state index >= 15 is 0 Å². The zero-order valence-electron chi connectivity index (χ0n) is 15.3. The van der Waals surface area contributed by atoms with Gasteiger partial charge in [-0.25, -0.2) is 8.42 Å². The molecule has 0 radical (unpaired) electrons. The number of nitrogens with one attached hydrogen (secondary N) is 2. The zero-order valence-corrected chi connectivity index (χ0v) is 16.9. The van der Waals surface area contributed by atoms with E-state index in [1.165, 1.54) is 6.07 Å². The third kappa shape index (κ3) is 4.52. The molecule has 0 spiro atoms. The van der Waals surface area contributed by atoms with E-state index in [-0.39, 0.29) is 10.1 Å². The number of rotatable bonds is 6. The number of ether oxygens (including phenoxy) is 2. The number of thiophene rings is 1. The van der Waals surface area contributed by atoms with Gasteiger partial charge in [-0.3, -0.25) is 9.52 Å². The molecule has 4 rings (SSSR count). The second-order valence-electron chi connectivity index (χ2n) is 6.28. The standard InChI is InChI=1S/C20H18N2O5S2/c23-20(21-13-14-3-8-17-18(12-14)27-10-9-26-17)15-4-6-16(7-5-15)22-29(24,25)19-2-1-11-28-19/h1-8,11-12,22H,9-10,13H2,(H,21,23). The summed E-state index contributed by atoms with van der Waals surface area (Å²) >= 11 is 1.14. The Hall–Kier alpha value is -3.04. The Morgan fingerprint density at radius 3 is 2.48 bits per heavy atom. The molecular formula is C20H18N2O5S2. The van der Waals surface area contributed by atoms with Crippen LogP contribution < -0.4 is 19.5 Å². The van der Waals surface area contributed by atoms with Gasteiger partial charge in [0.15, 0.2) is 11.5 Å². The van der Waals surface area contributed by atoms with E-state index in [4.69, 9.17) is 9.47 Å².